The van der Waals surface area contributed by atoms with Crippen LogP contribution in [-0.4, -0.2) is 18.4 Å². The van der Waals surface area contributed by atoms with Crippen LogP contribution >= 0.6 is 0 Å². The van der Waals surface area contributed by atoms with E-state index in [2.05, 4.69) is 9.72 Å². The van der Waals surface area contributed by atoms with E-state index in [0.717, 1.165) is 6.07 Å². The molecule has 1 aromatic carbocycles. The van der Waals surface area contributed by atoms with Gasteiger partial charge in [0.1, 0.15) is 12.4 Å². The first-order valence-electron chi connectivity index (χ1n) is 6.37. The van der Waals surface area contributed by atoms with Crippen LogP contribution in [0, 0.1) is 5.82 Å². The van der Waals surface area contributed by atoms with Crippen molar-refractivity contribution in [3.8, 4) is 11.8 Å². The number of hydrogen-bond acceptors (Lipinski definition) is 5. The molecule has 0 atom stereocenters. The molecule has 0 aliphatic heterocycles. The molecule has 0 bridgehead atoms. The maximum Gasteiger partial charge on any atom is 0.574 e. The number of hydrazine groups is 1. The van der Waals surface area contributed by atoms with Crippen LogP contribution in [0.2, 0.25) is 0 Å². The minimum Gasteiger partial charge on any atom is -0.473 e. The smallest absolute Gasteiger partial charge is 0.473 e. The highest BCUT2D eigenvalue weighted by molar-refractivity contribution is 5.52. The third kappa shape index (κ3) is 4.71. The van der Waals surface area contributed by atoms with Gasteiger partial charge in [0.15, 0.2) is 0 Å². The second kappa shape index (κ2) is 6.69. The molecular weight excluding hydrogens is 318 g/mol. The minimum atomic E-state index is -4.85. The highest BCUT2D eigenvalue weighted by atomic mass is 19.4. The standard InChI is InChI=1S/C14H13F4N3O2/c1-21(19)11-5-2-4-10(15)9(11)8-22-12-6-3-7-13(20-12)23-14(16,17)18/h2-7H,8,19H2,1H3. The Hall–Kier alpha value is -2.55. The molecule has 2 N–H and O–H groups in total. The largest absolute Gasteiger partial charge is 0.574 e. The van der Waals surface area contributed by atoms with Crippen LogP contribution in [0.3, 0.4) is 0 Å². The lowest BCUT2D eigenvalue weighted by atomic mass is 10.1. The molecule has 23 heavy (non-hydrogen) atoms. The Labute approximate surface area is 129 Å². The fourth-order valence-electron chi connectivity index (χ4n) is 1.82. The summed E-state index contributed by atoms with van der Waals surface area (Å²) in [6, 6.07) is 7.92. The number of alkyl halides is 3. The maximum absolute atomic E-state index is 13.9. The summed E-state index contributed by atoms with van der Waals surface area (Å²) < 4.78 is 59.2. The van der Waals surface area contributed by atoms with E-state index in [0.29, 0.717) is 5.69 Å². The maximum atomic E-state index is 13.9. The second-order valence-electron chi connectivity index (χ2n) is 4.50. The normalized spacial score (nSPS) is 11.2. The molecule has 0 spiro atoms. The van der Waals surface area contributed by atoms with E-state index in [9.17, 15) is 17.6 Å². The van der Waals surface area contributed by atoms with E-state index in [-0.39, 0.29) is 18.1 Å². The highest BCUT2D eigenvalue weighted by Gasteiger charge is 2.31. The Bertz CT molecular complexity index is 677. The number of rotatable bonds is 5. The van der Waals surface area contributed by atoms with Gasteiger partial charge in [0.05, 0.1) is 5.69 Å². The van der Waals surface area contributed by atoms with Gasteiger partial charge in [-0.15, -0.1) is 13.2 Å². The number of anilines is 1. The zero-order valence-electron chi connectivity index (χ0n) is 12.0. The molecule has 0 aliphatic rings. The number of hydrogen-bond donors (Lipinski definition) is 1. The molecule has 0 amide bonds. The van der Waals surface area contributed by atoms with Gasteiger partial charge in [-0.05, 0) is 12.1 Å². The molecule has 0 aliphatic carbocycles. The zero-order chi connectivity index (χ0) is 17.0. The second-order valence-corrected chi connectivity index (χ2v) is 4.50. The lowest BCUT2D eigenvalue weighted by Gasteiger charge is -2.17. The molecule has 0 unspecified atom stereocenters. The summed E-state index contributed by atoms with van der Waals surface area (Å²) in [5.41, 5.74) is 0.536. The molecule has 2 aromatic rings. The van der Waals surface area contributed by atoms with Crippen molar-refractivity contribution < 1.29 is 27.0 Å². The van der Waals surface area contributed by atoms with Crippen molar-refractivity contribution in [1.29, 1.82) is 0 Å². The Kier molecular flexibility index (Phi) is 4.89. The molecule has 1 heterocycles. The lowest BCUT2D eigenvalue weighted by Crippen LogP contribution is -2.27. The van der Waals surface area contributed by atoms with Crippen molar-refractivity contribution in [2.75, 3.05) is 12.1 Å². The number of pyridine rings is 1. The third-order valence-electron chi connectivity index (χ3n) is 2.76. The number of benzene rings is 1. The summed E-state index contributed by atoms with van der Waals surface area (Å²) in [5, 5.41) is 1.21. The quantitative estimate of drug-likeness (QED) is 0.518. The lowest BCUT2D eigenvalue weighted by molar-refractivity contribution is -0.276. The number of halogens is 4. The van der Waals surface area contributed by atoms with Crippen LogP contribution in [-0.2, 0) is 6.61 Å². The van der Waals surface area contributed by atoms with Crippen LogP contribution in [0.5, 0.6) is 11.8 Å². The van der Waals surface area contributed by atoms with Crippen molar-refractivity contribution in [1.82, 2.24) is 4.98 Å². The Morgan fingerprint density at radius 1 is 1.13 bits per heavy atom. The van der Waals surface area contributed by atoms with Gasteiger partial charge in [-0.1, -0.05) is 12.1 Å². The minimum absolute atomic E-state index is 0.138. The molecular formula is C14H13F4N3O2. The van der Waals surface area contributed by atoms with Gasteiger partial charge in [-0.3, -0.25) is 0 Å². The van der Waals surface area contributed by atoms with Gasteiger partial charge in [-0.25, -0.2) is 10.2 Å². The Balaban J connectivity index is 2.14. The van der Waals surface area contributed by atoms with Crippen molar-refractivity contribution in [2.45, 2.75) is 13.0 Å². The predicted octanol–water partition coefficient (Wildman–Crippen LogP) is 3.01. The Morgan fingerprint density at radius 2 is 1.78 bits per heavy atom. The van der Waals surface area contributed by atoms with Crippen LogP contribution in [0.4, 0.5) is 23.2 Å². The molecule has 0 saturated heterocycles. The predicted molar refractivity (Wildman–Crippen MR) is 74.2 cm³/mol. The van der Waals surface area contributed by atoms with Crippen LogP contribution in [0.25, 0.3) is 0 Å². The monoisotopic (exact) mass is 331 g/mol. The van der Waals surface area contributed by atoms with E-state index in [1.165, 1.54) is 36.3 Å². The molecule has 124 valence electrons. The molecule has 1 aromatic heterocycles. The van der Waals surface area contributed by atoms with Gasteiger partial charge < -0.3 is 14.5 Å². The van der Waals surface area contributed by atoms with Gasteiger partial charge in [0, 0.05) is 24.7 Å². The van der Waals surface area contributed by atoms with E-state index in [1.54, 1.807) is 6.07 Å². The molecule has 2 rings (SSSR count). The molecule has 0 radical (unpaired) electrons. The van der Waals surface area contributed by atoms with Crippen molar-refractivity contribution in [3.05, 3.63) is 47.8 Å². The first-order valence-corrected chi connectivity index (χ1v) is 6.37. The topological polar surface area (TPSA) is 60.6 Å². The third-order valence-corrected chi connectivity index (χ3v) is 2.76. The summed E-state index contributed by atoms with van der Waals surface area (Å²) in [5.74, 6) is 4.24. The van der Waals surface area contributed by atoms with Crippen LogP contribution < -0.4 is 20.3 Å². The number of ether oxygens (including phenoxy) is 2. The zero-order valence-corrected chi connectivity index (χ0v) is 12.0. The molecule has 0 fully saturated rings. The fourth-order valence-corrected chi connectivity index (χ4v) is 1.82. The number of nitrogens with zero attached hydrogens (tertiary/aromatic N) is 2. The van der Waals surface area contributed by atoms with Crippen LogP contribution in [0.15, 0.2) is 36.4 Å². The van der Waals surface area contributed by atoms with Gasteiger partial charge in [-0.2, -0.15) is 4.98 Å². The van der Waals surface area contributed by atoms with Gasteiger partial charge >= 0.3 is 6.36 Å². The van der Waals surface area contributed by atoms with E-state index >= 15 is 0 Å². The van der Waals surface area contributed by atoms with E-state index < -0.39 is 18.1 Å². The van der Waals surface area contributed by atoms with Gasteiger partial charge in [0.25, 0.3) is 0 Å². The molecule has 9 heteroatoms. The van der Waals surface area contributed by atoms with Crippen molar-refractivity contribution in [2.24, 2.45) is 5.84 Å². The van der Waals surface area contributed by atoms with E-state index in [1.807, 2.05) is 0 Å². The summed E-state index contributed by atoms with van der Waals surface area (Å²) in [6.07, 6.45) is -4.85. The average Bonchev–Trinajstić information content (AvgIpc) is 2.44. The fraction of sp³-hybridized carbons (Fsp3) is 0.214. The molecule has 5 nitrogen and oxygen atoms in total. The Morgan fingerprint density at radius 3 is 2.43 bits per heavy atom. The van der Waals surface area contributed by atoms with Crippen molar-refractivity contribution in [3.63, 3.8) is 0 Å². The summed E-state index contributed by atoms with van der Waals surface area (Å²) in [6.45, 7) is -0.258. The first kappa shape index (κ1) is 16.8. The average molecular weight is 331 g/mol. The summed E-state index contributed by atoms with van der Waals surface area (Å²) >= 11 is 0. The van der Waals surface area contributed by atoms with E-state index in [4.69, 9.17) is 10.6 Å². The summed E-state index contributed by atoms with van der Waals surface area (Å²) in [4.78, 5) is 3.55. The van der Waals surface area contributed by atoms with Crippen molar-refractivity contribution >= 4 is 5.69 Å². The number of nitrogens with two attached hydrogens (primary N) is 1. The molecule has 0 saturated carbocycles. The first-order chi connectivity index (χ1) is 10.8. The number of aromatic nitrogens is 1. The SMILES string of the molecule is CN(N)c1cccc(F)c1COc1cccc(OC(F)(F)F)n1. The van der Waals surface area contributed by atoms with Gasteiger partial charge in [0.2, 0.25) is 11.8 Å². The van der Waals surface area contributed by atoms with Crippen LogP contribution in [0.1, 0.15) is 5.56 Å². The highest BCUT2D eigenvalue weighted by Crippen LogP contribution is 2.25. The summed E-state index contributed by atoms with van der Waals surface area (Å²) in [7, 11) is 1.52.